The molecule has 0 bridgehead atoms. The van der Waals surface area contributed by atoms with Gasteiger partial charge in [-0.2, -0.15) is 0 Å². The molecule has 1 unspecified atom stereocenters. The first-order valence-corrected chi connectivity index (χ1v) is 9.65. The monoisotopic (exact) mass is 389 g/mol. The zero-order chi connectivity index (χ0) is 19.8. The molecule has 0 aliphatic rings. The van der Waals surface area contributed by atoms with Crippen molar-refractivity contribution in [3.63, 3.8) is 0 Å². The van der Waals surface area contributed by atoms with Gasteiger partial charge < -0.3 is 9.67 Å². The lowest BCUT2D eigenvalue weighted by Gasteiger charge is -2.14. The Morgan fingerprint density at radius 1 is 1.22 bits per heavy atom. The zero-order valence-corrected chi connectivity index (χ0v) is 15.6. The molecule has 8 nitrogen and oxygen atoms in total. The number of nitro benzene ring substituents is 1. The van der Waals surface area contributed by atoms with E-state index in [0.717, 1.165) is 17.0 Å². The molecule has 1 atom stereocenters. The van der Waals surface area contributed by atoms with Gasteiger partial charge in [0.05, 0.1) is 15.9 Å². The summed E-state index contributed by atoms with van der Waals surface area (Å²) in [6.45, 7) is 1.31. The number of hydrogen-bond acceptors (Lipinski definition) is 5. The predicted octanol–water partition coefficient (Wildman–Crippen LogP) is 2.41. The highest BCUT2D eigenvalue weighted by Crippen LogP contribution is 2.23. The van der Waals surface area contributed by atoms with Crippen molar-refractivity contribution in [2.45, 2.75) is 17.9 Å². The number of sulfonamides is 1. The molecule has 0 radical (unpaired) electrons. The van der Waals surface area contributed by atoms with E-state index in [9.17, 15) is 23.6 Å². The molecular formula is C18H19N3O5S. The molecule has 0 amide bonds. The van der Waals surface area contributed by atoms with E-state index in [1.165, 1.54) is 12.1 Å². The third kappa shape index (κ3) is 3.85. The van der Waals surface area contributed by atoms with Gasteiger partial charge in [-0.1, -0.05) is 12.1 Å². The average molecular weight is 389 g/mol. The Bertz CT molecular complexity index is 1120. The van der Waals surface area contributed by atoms with Crippen molar-refractivity contribution in [3.05, 3.63) is 69.9 Å². The van der Waals surface area contributed by atoms with Gasteiger partial charge in [-0.15, -0.1) is 0 Å². The van der Waals surface area contributed by atoms with Crippen LogP contribution in [0.15, 0.2) is 53.6 Å². The van der Waals surface area contributed by atoms with E-state index in [4.69, 9.17) is 0 Å². The van der Waals surface area contributed by atoms with Gasteiger partial charge in [0.25, 0.3) is 5.69 Å². The van der Waals surface area contributed by atoms with Crippen molar-refractivity contribution in [1.29, 1.82) is 0 Å². The van der Waals surface area contributed by atoms with Crippen LogP contribution < -0.4 is 4.72 Å². The molecule has 0 saturated carbocycles. The number of aliphatic hydroxyl groups is 1. The summed E-state index contributed by atoms with van der Waals surface area (Å²) < 4.78 is 29.3. The molecule has 0 aliphatic carbocycles. The molecule has 0 fully saturated rings. The highest BCUT2D eigenvalue weighted by Gasteiger charge is 2.22. The SMILES string of the molecule is Cc1ccc([N+](=O)[O-])cc1S(=O)(=O)NCC(O)c1ccc2c(ccn2C)c1. The summed E-state index contributed by atoms with van der Waals surface area (Å²) in [6, 6.07) is 10.9. The van der Waals surface area contributed by atoms with Gasteiger partial charge in [-0.25, -0.2) is 13.1 Å². The van der Waals surface area contributed by atoms with Crippen LogP contribution in [0.1, 0.15) is 17.2 Å². The van der Waals surface area contributed by atoms with Gasteiger partial charge in [0, 0.05) is 37.4 Å². The lowest BCUT2D eigenvalue weighted by molar-refractivity contribution is -0.385. The van der Waals surface area contributed by atoms with Gasteiger partial charge >= 0.3 is 0 Å². The molecule has 2 N–H and O–H groups in total. The van der Waals surface area contributed by atoms with Crippen molar-refractivity contribution < 1.29 is 18.4 Å². The normalized spacial score (nSPS) is 13.0. The summed E-state index contributed by atoms with van der Waals surface area (Å²) in [5.41, 5.74) is 1.65. The molecule has 1 heterocycles. The number of nitrogens with one attached hydrogen (secondary N) is 1. The third-order valence-electron chi connectivity index (χ3n) is 4.43. The molecule has 0 aliphatic heterocycles. The first kappa shape index (κ1) is 19.0. The van der Waals surface area contributed by atoms with Crippen molar-refractivity contribution in [2.75, 3.05) is 6.54 Å². The fourth-order valence-corrected chi connectivity index (χ4v) is 4.18. The van der Waals surface area contributed by atoms with E-state index >= 15 is 0 Å². The molecule has 27 heavy (non-hydrogen) atoms. The van der Waals surface area contributed by atoms with Gasteiger partial charge in [-0.05, 0) is 41.6 Å². The lowest BCUT2D eigenvalue weighted by atomic mass is 10.1. The first-order chi connectivity index (χ1) is 12.7. The molecule has 0 saturated heterocycles. The Balaban J connectivity index is 1.80. The largest absolute Gasteiger partial charge is 0.387 e. The van der Waals surface area contributed by atoms with E-state index < -0.39 is 21.1 Å². The molecule has 3 rings (SSSR count). The van der Waals surface area contributed by atoms with Crippen molar-refractivity contribution in [1.82, 2.24) is 9.29 Å². The molecule has 142 valence electrons. The van der Waals surface area contributed by atoms with Crippen LogP contribution in [0.25, 0.3) is 10.9 Å². The lowest BCUT2D eigenvalue weighted by Crippen LogP contribution is -2.29. The molecule has 0 spiro atoms. The summed E-state index contributed by atoms with van der Waals surface area (Å²) in [5, 5.41) is 22.2. The fourth-order valence-electron chi connectivity index (χ4n) is 2.88. The molecule has 3 aromatic rings. The van der Waals surface area contributed by atoms with Crippen LogP contribution in [0.5, 0.6) is 0 Å². The number of hydrogen-bond donors (Lipinski definition) is 2. The number of aromatic nitrogens is 1. The summed E-state index contributed by atoms with van der Waals surface area (Å²) in [7, 11) is -2.10. The van der Waals surface area contributed by atoms with Crippen LogP contribution in [0.4, 0.5) is 5.69 Å². The fraction of sp³-hybridized carbons (Fsp3) is 0.222. The van der Waals surface area contributed by atoms with Crippen LogP contribution in [-0.4, -0.2) is 29.6 Å². The van der Waals surface area contributed by atoms with Crippen LogP contribution in [0, 0.1) is 17.0 Å². The second-order valence-corrected chi connectivity index (χ2v) is 8.05. The van der Waals surface area contributed by atoms with Crippen molar-refractivity contribution >= 4 is 26.6 Å². The Kier molecular flexibility index (Phi) is 5.01. The number of benzene rings is 2. The maximum absolute atomic E-state index is 12.5. The smallest absolute Gasteiger partial charge is 0.270 e. The Hall–Kier alpha value is -2.75. The maximum Gasteiger partial charge on any atom is 0.270 e. The van der Waals surface area contributed by atoms with Gasteiger partial charge in [-0.3, -0.25) is 10.1 Å². The van der Waals surface area contributed by atoms with Crippen LogP contribution in [0.3, 0.4) is 0 Å². The average Bonchev–Trinajstić information content (AvgIpc) is 3.00. The summed E-state index contributed by atoms with van der Waals surface area (Å²) in [5.74, 6) is 0. The maximum atomic E-state index is 12.5. The van der Waals surface area contributed by atoms with E-state index in [2.05, 4.69) is 4.72 Å². The molecular weight excluding hydrogens is 370 g/mol. The number of nitro groups is 1. The minimum Gasteiger partial charge on any atom is -0.387 e. The van der Waals surface area contributed by atoms with E-state index in [0.29, 0.717) is 11.1 Å². The third-order valence-corrected chi connectivity index (χ3v) is 6.00. The Morgan fingerprint density at radius 2 is 1.96 bits per heavy atom. The highest BCUT2D eigenvalue weighted by molar-refractivity contribution is 7.89. The second kappa shape index (κ2) is 7.10. The molecule has 9 heteroatoms. The molecule has 1 aromatic heterocycles. The van der Waals surface area contributed by atoms with Crippen molar-refractivity contribution in [2.24, 2.45) is 7.05 Å². The van der Waals surface area contributed by atoms with Gasteiger partial charge in [0.15, 0.2) is 0 Å². The highest BCUT2D eigenvalue weighted by atomic mass is 32.2. The quantitative estimate of drug-likeness (QED) is 0.496. The summed E-state index contributed by atoms with van der Waals surface area (Å²) >= 11 is 0. The standard InChI is InChI=1S/C18H19N3O5S/c1-12-3-5-15(21(23)24)10-18(12)27(25,26)19-11-17(22)14-4-6-16-13(9-14)7-8-20(16)2/h3-10,17,19,22H,11H2,1-2H3. The number of non-ortho nitro benzene ring substituents is 1. The van der Waals surface area contributed by atoms with Gasteiger partial charge in [0.2, 0.25) is 10.0 Å². The van der Waals surface area contributed by atoms with E-state index in [1.807, 2.05) is 29.9 Å². The van der Waals surface area contributed by atoms with Crippen LogP contribution in [0.2, 0.25) is 0 Å². The topological polar surface area (TPSA) is 114 Å². The number of nitrogens with zero attached hydrogens (tertiary/aromatic N) is 2. The number of aryl methyl sites for hydroxylation is 2. The van der Waals surface area contributed by atoms with Crippen molar-refractivity contribution in [3.8, 4) is 0 Å². The number of aliphatic hydroxyl groups excluding tert-OH is 1. The van der Waals surface area contributed by atoms with Crippen LogP contribution in [-0.2, 0) is 17.1 Å². The zero-order valence-electron chi connectivity index (χ0n) is 14.8. The number of rotatable bonds is 6. The minimum absolute atomic E-state index is 0.178. The minimum atomic E-state index is -4.01. The summed E-state index contributed by atoms with van der Waals surface area (Å²) in [6.07, 6.45) is 0.845. The predicted molar refractivity (Wildman–Crippen MR) is 101 cm³/mol. The second-order valence-electron chi connectivity index (χ2n) is 6.32. The Morgan fingerprint density at radius 3 is 2.67 bits per heavy atom. The molecule has 2 aromatic carbocycles. The first-order valence-electron chi connectivity index (χ1n) is 8.17. The van der Waals surface area contributed by atoms with Gasteiger partial charge in [0.1, 0.15) is 0 Å². The van der Waals surface area contributed by atoms with E-state index in [-0.39, 0.29) is 17.1 Å². The van der Waals surface area contributed by atoms with Crippen LogP contribution >= 0.6 is 0 Å². The summed E-state index contributed by atoms with van der Waals surface area (Å²) in [4.78, 5) is 10.1. The number of fused-ring (bicyclic) bond motifs is 1. The Labute approximate surface area is 156 Å². The van der Waals surface area contributed by atoms with E-state index in [1.54, 1.807) is 19.1 Å².